The van der Waals surface area contributed by atoms with Gasteiger partial charge in [-0.2, -0.15) is 0 Å². The van der Waals surface area contributed by atoms with Crippen molar-refractivity contribution in [2.24, 2.45) is 5.73 Å². The molecular formula is C28H27N3O3. The van der Waals surface area contributed by atoms with E-state index in [4.69, 9.17) is 15.2 Å². The molecule has 1 atom stereocenters. The van der Waals surface area contributed by atoms with Gasteiger partial charge in [0.15, 0.2) is 0 Å². The third-order valence-electron chi connectivity index (χ3n) is 5.74. The average molecular weight is 454 g/mol. The van der Waals surface area contributed by atoms with Gasteiger partial charge in [0.25, 0.3) is 0 Å². The molecule has 0 saturated heterocycles. The summed E-state index contributed by atoms with van der Waals surface area (Å²) < 4.78 is 10.9. The normalized spacial score (nSPS) is 11.6. The van der Waals surface area contributed by atoms with Crippen molar-refractivity contribution in [3.63, 3.8) is 0 Å². The Morgan fingerprint density at radius 1 is 0.794 bits per heavy atom. The number of ether oxygens (including phenoxy) is 2. The van der Waals surface area contributed by atoms with Gasteiger partial charge in [-0.25, -0.2) is 0 Å². The zero-order valence-electron chi connectivity index (χ0n) is 19.1. The van der Waals surface area contributed by atoms with E-state index in [-0.39, 0.29) is 11.8 Å². The third kappa shape index (κ3) is 4.92. The summed E-state index contributed by atoms with van der Waals surface area (Å²) in [6, 6.07) is 26.4. The van der Waals surface area contributed by atoms with E-state index in [9.17, 15) is 4.79 Å². The highest BCUT2D eigenvalue weighted by atomic mass is 16.5. The van der Waals surface area contributed by atoms with Crippen molar-refractivity contribution in [3.05, 3.63) is 108 Å². The Morgan fingerprint density at radius 2 is 1.29 bits per heavy atom. The molecule has 1 amide bonds. The lowest BCUT2D eigenvalue weighted by atomic mass is 9.85. The smallest absolute Gasteiger partial charge is 0.242 e. The zero-order chi connectivity index (χ0) is 23.9. The fourth-order valence-electron chi connectivity index (χ4n) is 4.04. The van der Waals surface area contributed by atoms with Gasteiger partial charge in [0.2, 0.25) is 5.91 Å². The van der Waals surface area contributed by atoms with E-state index < -0.39 is 6.04 Å². The first-order valence-electron chi connectivity index (χ1n) is 10.9. The molecule has 0 fully saturated rings. The maximum Gasteiger partial charge on any atom is 0.242 e. The van der Waals surface area contributed by atoms with Crippen LogP contribution in [-0.2, 0) is 4.79 Å². The molecule has 172 valence electrons. The molecule has 0 aliphatic carbocycles. The van der Waals surface area contributed by atoms with E-state index in [1.807, 2.05) is 84.9 Å². The molecule has 0 bridgehead atoms. The highest BCUT2D eigenvalue weighted by Crippen LogP contribution is 2.37. The number of rotatable bonds is 8. The number of nitrogens with zero attached hydrogens (tertiary/aromatic N) is 1. The van der Waals surface area contributed by atoms with E-state index in [1.54, 1.807) is 26.6 Å². The minimum absolute atomic E-state index is 0.260. The summed E-state index contributed by atoms with van der Waals surface area (Å²) in [6.07, 6.45) is 3.28. The molecule has 0 radical (unpaired) electrons. The number of nitrogens with two attached hydrogens (primary N) is 1. The molecule has 0 saturated carbocycles. The molecule has 1 unspecified atom stereocenters. The van der Waals surface area contributed by atoms with Crippen LogP contribution in [0.1, 0.15) is 17.0 Å². The summed E-state index contributed by atoms with van der Waals surface area (Å²) in [5, 5.41) is 2.96. The maximum atomic E-state index is 13.2. The fourth-order valence-corrected chi connectivity index (χ4v) is 4.04. The van der Waals surface area contributed by atoms with Gasteiger partial charge in [-0.05, 0) is 28.8 Å². The first-order valence-corrected chi connectivity index (χ1v) is 10.9. The van der Waals surface area contributed by atoms with Crippen LogP contribution in [0.4, 0.5) is 5.69 Å². The lowest BCUT2D eigenvalue weighted by molar-refractivity contribution is -0.117. The summed E-state index contributed by atoms with van der Waals surface area (Å²) in [5.74, 6) is 0.676. The number of amides is 1. The van der Waals surface area contributed by atoms with Crippen molar-refractivity contribution >= 4 is 11.6 Å². The van der Waals surface area contributed by atoms with Crippen molar-refractivity contribution in [1.82, 2.24) is 4.98 Å². The SMILES string of the molecule is COc1cncc(OC)c1-c1ccc(NC(=O)C(N)C(c2ccccc2)c2ccccc2)cc1. The van der Waals surface area contributed by atoms with Gasteiger partial charge in [0, 0.05) is 11.6 Å². The van der Waals surface area contributed by atoms with Crippen LogP contribution >= 0.6 is 0 Å². The van der Waals surface area contributed by atoms with E-state index >= 15 is 0 Å². The minimum Gasteiger partial charge on any atom is -0.494 e. The Morgan fingerprint density at radius 3 is 1.76 bits per heavy atom. The molecule has 4 aromatic rings. The van der Waals surface area contributed by atoms with Gasteiger partial charge in [-0.3, -0.25) is 9.78 Å². The summed E-state index contributed by atoms with van der Waals surface area (Å²) in [7, 11) is 3.18. The van der Waals surface area contributed by atoms with Crippen molar-refractivity contribution in [2.45, 2.75) is 12.0 Å². The summed E-state index contributed by atoms with van der Waals surface area (Å²) in [4.78, 5) is 17.3. The standard InChI is InChI=1S/C28H27N3O3/c1-33-23-17-30-18-24(34-2)26(23)21-13-15-22(16-14-21)31-28(32)27(29)25(19-9-5-3-6-10-19)20-11-7-4-8-12-20/h3-18,25,27H,29H2,1-2H3,(H,31,32). The van der Waals surface area contributed by atoms with Crippen molar-refractivity contribution in [2.75, 3.05) is 19.5 Å². The Balaban J connectivity index is 1.57. The number of benzene rings is 3. The van der Waals surface area contributed by atoms with Crippen molar-refractivity contribution in [3.8, 4) is 22.6 Å². The molecule has 0 aliphatic heterocycles. The number of hydrogen-bond donors (Lipinski definition) is 2. The van der Waals surface area contributed by atoms with Crippen molar-refractivity contribution in [1.29, 1.82) is 0 Å². The molecule has 0 spiro atoms. The van der Waals surface area contributed by atoms with Gasteiger partial charge in [-0.1, -0.05) is 72.8 Å². The van der Waals surface area contributed by atoms with Crippen LogP contribution in [0.5, 0.6) is 11.5 Å². The number of carbonyl (C=O) groups is 1. The largest absolute Gasteiger partial charge is 0.494 e. The molecule has 4 rings (SSSR count). The number of aromatic nitrogens is 1. The minimum atomic E-state index is -0.773. The monoisotopic (exact) mass is 453 g/mol. The molecule has 0 aliphatic rings. The molecule has 3 aromatic carbocycles. The van der Waals surface area contributed by atoms with Crippen LogP contribution in [0.15, 0.2) is 97.3 Å². The predicted octanol–water partition coefficient (Wildman–Crippen LogP) is 4.86. The number of hydrogen-bond acceptors (Lipinski definition) is 5. The highest BCUT2D eigenvalue weighted by molar-refractivity contribution is 5.96. The third-order valence-corrected chi connectivity index (χ3v) is 5.74. The summed E-state index contributed by atoms with van der Waals surface area (Å²) in [6.45, 7) is 0. The first kappa shape index (κ1) is 23.0. The maximum absolute atomic E-state index is 13.2. The average Bonchev–Trinajstić information content (AvgIpc) is 2.90. The van der Waals surface area contributed by atoms with Gasteiger partial charge in [0.1, 0.15) is 11.5 Å². The van der Waals surface area contributed by atoms with E-state index in [0.29, 0.717) is 17.2 Å². The quantitative estimate of drug-likeness (QED) is 0.398. The van der Waals surface area contributed by atoms with Gasteiger partial charge >= 0.3 is 0 Å². The molecule has 3 N–H and O–H groups in total. The van der Waals surface area contributed by atoms with Gasteiger partial charge in [0.05, 0.1) is 38.2 Å². The van der Waals surface area contributed by atoms with Crippen LogP contribution in [0.2, 0.25) is 0 Å². The van der Waals surface area contributed by atoms with Crippen molar-refractivity contribution < 1.29 is 14.3 Å². The Kier molecular flexibility index (Phi) is 7.20. The number of carbonyl (C=O) groups excluding carboxylic acids is 1. The molecule has 6 heteroatoms. The molecule has 34 heavy (non-hydrogen) atoms. The first-order chi connectivity index (χ1) is 16.6. The van der Waals surface area contributed by atoms with E-state index in [0.717, 1.165) is 22.3 Å². The fraction of sp³-hybridized carbons (Fsp3) is 0.143. The van der Waals surface area contributed by atoms with Crippen LogP contribution in [-0.4, -0.2) is 31.2 Å². The topological polar surface area (TPSA) is 86.5 Å². The van der Waals surface area contributed by atoms with Crippen LogP contribution in [0, 0.1) is 0 Å². The highest BCUT2D eigenvalue weighted by Gasteiger charge is 2.27. The molecule has 6 nitrogen and oxygen atoms in total. The number of anilines is 1. The molecule has 1 heterocycles. The van der Waals surface area contributed by atoms with E-state index in [1.165, 1.54) is 0 Å². The Labute approximate surface area is 199 Å². The molecular weight excluding hydrogens is 426 g/mol. The summed E-state index contributed by atoms with van der Waals surface area (Å²) >= 11 is 0. The summed E-state index contributed by atoms with van der Waals surface area (Å²) in [5.41, 5.74) is 10.8. The molecule has 1 aromatic heterocycles. The number of pyridine rings is 1. The second-order valence-corrected chi connectivity index (χ2v) is 7.81. The van der Waals surface area contributed by atoms with Crippen LogP contribution < -0.4 is 20.5 Å². The van der Waals surface area contributed by atoms with Crippen LogP contribution in [0.25, 0.3) is 11.1 Å². The Bertz CT molecular complexity index is 1170. The zero-order valence-corrected chi connectivity index (χ0v) is 19.1. The number of methoxy groups -OCH3 is 2. The van der Waals surface area contributed by atoms with Gasteiger partial charge in [-0.15, -0.1) is 0 Å². The van der Waals surface area contributed by atoms with E-state index in [2.05, 4.69) is 10.3 Å². The van der Waals surface area contributed by atoms with Crippen LogP contribution in [0.3, 0.4) is 0 Å². The lowest BCUT2D eigenvalue weighted by Gasteiger charge is -2.24. The predicted molar refractivity (Wildman–Crippen MR) is 134 cm³/mol. The second-order valence-electron chi connectivity index (χ2n) is 7.81. The Hall–Kier alpha value is -4.16. The second kappa shape index (κ2) is 10.6. The van der Waals surface area contributed by atoms with Gasteiger partial charge < -0.3 is 20.5 Å². The number of nitrogens with one attached hydrogen (secondary N) is 1. The lowest BCUT2D eigenvalue weighted by Crippen LogP contribution is -2.41.